The van der Waals surface area contributed by atoms with Crippen LogP contribution in [0.5, 0.6) is 0 Å². The van der Waals surface area contributed by atoms with Crippen LogP contribution in [-0.4, -0.2) is 19.4 Å². The van der Waals surface area contributed by atoms with Crippen LogP contribution < -0.4 is 0 Å². The summed E-state index contributed by atoms with van der Waals surface area (Å²) in [6.07, 6.45) is 2.91. The molecule has 1 aliphatic carbocycles. The number of rotatable bonds is 0. The Morgan fingerprint density at radius 3 is 2.80 bits per heavy atom. The first-order chi connectivity index (χ1) is 4.70. The topological polar surface area (TPSA) is 0 Å². The Kier molecular flexibility index (Phi) is 3.03. The smallest absolute Gasteiger partial charge is 0.109 e. The Morgan fingerprint density at radius 2 is 2.10 bits per heavy atom. The highest BCUT2D eigenvalue weighted by Gasteiger charge is 2.23. The van der Waals surface area contributed by atoms with Crippen molar-refractivity contribution < 1.29 is 4.39 Å². The minimum Gasteiger partial charge on any atom is -0.248 e. The maximum Gasteiger partial charge on any atom is 0.109 e. The van der Waals surface area contributed by atoms with Crippen molar-refractivity contribution >= 4 is 19.4 Å². The summed E-state index contributed by atoms with van der Waals surface area (Å²) in [6.45, 7) is 0. The van der Waals surface area contributed by atoms with Crippen LogP contribution in [-0.2, 0) is 0 Å². The second kappa shape index (κ2) is 3.61. The Bertz CT molecular complexity index is 110. The van der Waals surface area contributed by atoms with E-state index in [1.165, 1.54) is 0 Å². The van der Waals surface area contributed by atoms with Gasteiger partial charge in [0.1, 0.15) is 7.85 Å². The highest BCUT2D eigenvalue weighted by molar-refractivity contribution is 6.21. The van der Waals surface area contributed by atoms with Crippen LogP contribution in [0.15, 0.2) is 0 Å². The highest BCUT2D eigenvalue weighted by Crippen LogP contribution is 2.30. The zero-order valence-electron chi connectivity index (χ0n) is 6.32. The molecule has 58 valence electrons. The van der Waals surface area contributed by atoms with Crippen molar-refractivity contribution in [3.63, 3.8) is 0 Å². The largest absolute Gasteiger partial charge is 0.248 e. The lowest BCUT2D eigenvalue weighted by Gasteiger charge is -2.12. The van der Waals surface area contributed by atoms with Crippen LogP contribution in [0.1, 0.15) is 25.7 Å². The second-order valence-electron chi connectivity index (χ2n) is 3.26. The third kappa shape index (κ3) is 2.15. The van der Waals surface area contributed by atoms with Crippen LogP contribution in [0.2, 0.25) is 5.82 Å². The molecule has 1 aliphatic rings. The Morgan fingerprint density at radius 1 is 1.40 bits per heavy atom. The summed E-state index contributed by atoms with van der Waals surface area (Å²) >= 11 is 5.91. The Labute approximate surface area is 67.5 Å². The first-order valence-corrected chi connectivity index (χ1v) is 4.42. The van der Waals surface area contributed by atoms with Crippen LogP contribution in [0.4, 0.5) is 4.39 Å². The molecule has 3 atom stereocenters. The maximum atomic E-state index is 13.0. The van der Waals surface area contributed by atoms with Crippen LogP contribution in [0.3, 0.4) is 0 Å². The van der Waals surface area contributed by atoms with E-state index in [1.807, 2.05) is 7.85 Å². The Hall–Kier alpha value is 0.285. The van der Waals surface area contributed by atoms with E-state index in [9.17, 15) is 4.39 Å². The fraction of sp³-hybridized carbons (Fsp3) is 1.00. The van der Waals surface area contributed by atoms with E-state index in [0.29, 0.717) is 6.42 Å². The minimum atomic E-state index is -0.608. The van der Waals surface area contributed by atoms with E-state index in [-0.39, 0.29) is 11.2 Å². The van der Waals surface area contributed by atoms with E-state index in [1.54, 1.807) is 0 Å². The van der Waals surface area contributed by atoms with Crippen molar-refractivity contribution in [3.8, 4) is 0 Å². The zero-order chi connectivity index (χ0) is 7.56. The molecular formula is C7H13BClF. The minimum absolute atomic E-state index is 0.171. The van der Waals surface area contributed by atoms with Crippen molar-refractivity contribution in [2.75, 3.05) is 0 Å². The number of hydrogen-bond acceptors (Lipinski definition) is 0. The van der Waals surface area contributed by atoms with Gasteiger partial charge in [-0.15, -0.1) is 11.6 Å². The molecule has 0 bridgehead atoms. The summed E-state index contributed by atoms with van der Waals surface area (Å²) < 4.78 is 13.0. The molecule has 0 radical (unpaired) electrons. The lowest BCUT2D eigenvalue weighted by atomic mass is 9.80. The summed E-state index contributed by atoms with van der Waals surface area (Å²) in [5.74, 6) is 0.171. The van der Waals surface area contributed by atoms with Crippen LogP contribution >= 0.6 is 11.6 Å². The van der Waals surface area contributed by atoms with Crippen molar-refractivity contribution in [2.24, 2.45) is 0 Å². The number of alkyl halides is 2. The lowest BCUT2D eigenvalue weighted by molar-refractivity contribution is 0.301. The molecule has 0 saturated heterocycles. The SMILES string of the molecule is BC1C[C@H](Cl)CCCC1F. The highest BCUT2D eigenvalue weighted by atomic mass is 35.5. The monoisotopic (exact) mass is 162 g/mol. The van der Waals surface area contributed by atoms with Gasteiger partial charge < -0.3 is 0 Å². The summed E-state index contributed by atoms with van der Waals surface area (Å²) in [4.78, 5) is 0. The second-order valence-corrected chi connectivity index (χ2v) is 3.87. The first kappa shape index (κ1) is 8.38. The normalized spacial score (nSPS) is 42.8. The van der Waals surface area contributed by atoms with E-state index in [2.05, 4.69) is 0 Å². The van der Waals surface area contributed by atoms with E-state index in [0.717, 1.165) is 19.3 Å². The van der Waals surface area contributed by atoms with Gasteiger partial charge in [-0.3, -0.25) is 0 Å². The fourth-order valence-corrected chi connectivity index (χ4v) is 1.92. The molecule has 2 unspecified atom stereocenters. The van der Waals surface area contributed by atoms with E-state index in [4.69, 9.17) is 11.6 Å². The molecule has 1 rings (SSSR count). The molecule has 1 saturated carbocycles. The molecule has 1 fully saturated rings. The van der Waals surface area contributed by atoms with Gasteiger partial charge in [0.05, 0.1) is 6.17 Å². The number of hydrogen-bond donors (Lipinski definition) is 0. The summed E-state index contributed by atoms with van der Waals surface area (Å²) in [5.41, 5.74) is 0. The van der Waals surface area contributed by atoms with Crippen molar-refractivity contribution in [3.05, 3.63) is 0 Å². The lowest BCUT2D eigenvalue weighted by Crippen LogP contribution is -2.10. The third-order valence-corrected chi connectivity index (χ3v) is 2.64. The van der Waals surface area contributed by atoms with Gasteiger partial charge in [-0.1, -0.05) is 0 Å². The zero-order valence-corrected chi connectivity index (χ0v) is 7.07. The summed E-state index contributed by atoms with van der Waals surface area (Å²) in [6, 6.07) is 0. The molecule has 0 spiro atoms. The summed E-state index contributed by atoms with van der Waals surface area (Å²) in [5, 5.41) is 0.218. The quantitative estimate of drug-likeness (QED) is 0.290. The van der Waals surface area contributed by atoms with Gasteiger partial charge in [-0.05, 0) is 31.5 Å². The van der Waals surface area contributed by atoms with E-state index >= 15 is 0 Å². The molecule has 0 heterocycles. The van der Waals surface area contributed by atoms with Crippen molar-refractivity contribution in [1.29, 1.82) is 0 Å². The average molecular weight is 162 g/mol. The first-order valence-electron chi connectivity index (χ1n) is 3.98. The van der Waals surface area contributed by atoms with E-state index < -0.39 is 6.17 Å². The predicted octanol–water partition coefficient (Wildman–Crippen LogP) is 1.93. The average Bonchev–Trinajstić information content (AvgIpc) is 1.96. The van der Waals surface area contributed by atoms with Gasteiger partial charge in [-0.2, -0.15) is 0 Å². The van der Waals surface area contributed by atoms with Gasteiger partial charge in [-0.25, -0.2) is 4.39 Å². The molecule has 0 aromatic carbocycles. The fourth-order valence-electron chi connectivity index (χ4n) is 1.49. The summed E-state index contributed by atoms with van der Waals surface area (Å²) in [7, 11) is 1.95. The van der Waals surface area contributed by atoms with Gasteiger partial charge >= 0.3 is 0 Å². The number of halogens is 2. The molecular weight excluding hydrogens is 149 g/mol. The van der Waals surface area contributed by atoms with Gasteiger partial charge in [0.25, 0.3) is 0 Å². The third-order valence-electron chi connectivity index (χ3n) is 2.24. The van der Waals surface area contributed by atoms with Crippen molar-refractivity contribution in [2.45, 2.75) is 43.0 Å². The molecule has 0 N–H and O–H groups in total. The molecule has 0 amide bonds. The molecule has 0 aromatic heterocycles. The molecule has 10 heavy (non-hydrogen) atoms. The molecule has 0 aliphatic heterocycles. The van der Waals surface area contributed by atoms with Crippen molar-refractivity contribution in [1.82, 2.24) is 0 Å². The van der Waals surface area contributed by atoms with Crippen LogP contribution in [0, 0.1) is 0 Å². The van der Waals surface area contributed by atoms with Crippen LogP contribution in [0.25, 0.3) is 0 Å². The van der Waals surface area contributed by atoms with Gasteiger partial charge in [0.15, 0.2) is 0 Å². The standard InChI is InChI=1S/C7H13BClF/c8-6-4-5(9)2-1-3-7(6)10/h5-7H,1-4,8H2/t5-,6?,7?/m1/s1. The van der Waals surface area contributed by atoms with Gasteiger partial charge in [0, 0.05) is 5.38 Å². The molecule has 0 nitrogen and oxygen atoms in total. The Balaban J connectivity index is 2.41. The molecule has 3 heteroatoms. The van der Waals surface area contributed by atoms with Gasteiger partial charge in [0.2, 0.25) is 0 Å². The maximum absolute atomic E-state index is 13.0. The predicted molar refractivity (Wildman–Crippen MR) is 45.3 cm³/mol. The molecule has 0 aromatic rings.